The number of nitrogens with zero attached hydrogens (tertiary/aromatic N) is 1. The highest BCUT2D eigenvalue weighted by molar-refractivity contribution is 9.10. The van der Waals surface area contributed by atoms with E-state index in [1.807, 2.05) is 19.1 Å². The van der Waals surface area contributed by atoms with Crippen LogP contribution in [0.25, 0.3) is 0 Å². The summed E-state index contributed by atoms with van der Waals surface area (Å²) < 4.78 is 0. The van der Waals surface area contributed by atoms with E-state index in [9.17, 15) is 4.79 Å². The van der Waals surface area contributed by atoms with Gasteiger partial charge in [-0.2, -0.15) is 0 Å². The number of amides is 1. The molecule has 1 heterocycles. The minimum absolute atomic E-state index is 0.0143. The Balaban J connectivity index is 1.96. The summed E-state index contributed by atoms with van der Waals surface area (Å²) in [4.78, 5) is 13.8. The second-order valence-electron chi connectivity index (χ2n) is 5.32. The Bertz CT molecular complexity index is 422. The zero-order valence-electron chi connectivity index (χ0n) is 11.5. The number of piperidine rings is 1. The largest absolute Gasteiger partial charge is 0.372 e. The van der Waals surface area contributed by atoms with Gasteiger partial charge in [0.05, 0.1) is 4.83 Å². The van der Waals surface area contributed by atoms with E-state index in [2.05, 4.69) is 45.2 Å². The van der Waals surface area contributed by atoms with Crippen LogP contribution in [-0.4, -0.2) is 23.8 Å². The quantitative estimate of drug-likeness (QED) is 0.861. The normalized spacial score (nSPS) is 18.2. The molecule has 1 N–H and O–H groups in total. The Morgan fingerprint density at radius 1 is 1.32 bits per heavy atom. The van der Waals surface area contributed by atoms with Gasteiger partial charge in [-0.1, -0.05) is 22.9 Å². The molecule has 1 aromatic rings. The molecule has 104 valence electrons. The summed E-state index contributed by atoms with van der Waals surface area (Å²) in [5, 5.41) is 2.87. The van der Waals surface area contributed by atoms with Gasteiger partial charge in [0.15, 0.2) is 0 Å². The number of anilines is 2. The van der Waals surface area contributed by atoms with E-state index in [-0.39, 0.29) is 10.7 Å². The first-order valence-corrected chi connectivity index (χ1v) is 7.78. The van der Waals surface area contributed by atoms with Crippen molar-refractivity contribution in [2.75, 3.05) is 23.3 Å². The molecule has 0 spiro atoms. The maximum absolute atomic E-state index is 11.6. The van der Waals surface area contributed by atoms with Gasteiger partial charge in [0, 0.05) is 24.5 Å². The number of hydrogen-bond donors (Lipinski definition) is 1. The molecule has 19 heavy (non-hydrogen) atoms. The second kappa shape index (κ2) is 6.42. The summed E-state index contributed by atoms with van der Waals surface area (Å²) in [6, 6.07) is 8.12. The third kappa shape index (κ3) is 3.96. The maximum Gasteiger partial charge on any atom is 0.237 e. The molecule has 1 saturated heterocycles. The molecule has 1 aliphatic rings. The third-order valence-corrected chi connectivity index (χ3v) is 4.06. The molecule has 4 heteroatoms. The van der Waals surface area contributed by atoms with Crippen molar-refractivity contribution in [2.45, 2.75) is 31.5 Å². The van der Waals surface area contributed by atoms with E-state index < -0.39 is 0 Å². The Morgan fingerprint density at radius 2 is 1.89 bits per heavy atom. The van der Waals surface area contributed by atoms with Gasteiger partial charge in [-0.25, -0.2) is 0 Å². The number of carbonyl (C=O) groups excluding carboxylic acids is 1. The average molecular weight is 325 g/mol. The van der Waals surface area contributed by atoms with E-state index in [1.54, 1.807) is 0 Å². The van der Waals surface area contributed by atoms with Crippen molar-refractivity contribution in [3.63, 3.8) is 0 Å². The van der Waals surface area contributed by atoms with Crippen molar-refractivity contribution in [1.29, 1.82) is 0 Å². The first-order chi connectivity index (χ1) is 9.06. The number of benzene rings is 1. The predicted molar refractivity (Wildman–Crippen MR) is 84.1 cm³/mol. The van der Waals surface area contributed by atoms with E-state index in [4.69, 9.17) is 0 Å². The summed E-state index contributed by atoms with van der Waals surface area (Å²) in [6.45, 7) is 6.40. The molecule has 1 amide bonds. The zero-order chi connectivity index (χ0) is 13.8. The van der Waals surface area contributed by atoms with Crippen LogP contribution in [0.4, 0.5) is 11.4 Å². The van der Waals surface area contributed by atoms with Gasteiger partial charge in [0.2, 0.25) is 5.91 Å². The molecule has 0 aliphatic carbocycles. The molecule has 1 atom stereocenters. The van der Waals surface area contributed by atoms with Crippen LogP contribution in [0.5, 0.6) is 0 Å². The van der Waals surface area contributed by atoms with Gasteiger partial charge in [0.25, 0.3) is 0 Å². The van der Waals surface area contributed by atoms with Crippen LogP contribution >= 0.6 is 15.9 Å². The molecule has 2 rings (SSSR count). The lowest BCUT2D eigenvalue weighted by atomic mass is 9.99. The molecule has 1 aromatic carbocycles. The maximum atomic E-state index is 11.6. The highest BCUT2D eigenvalue weighted by atomic mass is 79.9. The van der Waals surface area contributed by atoms with Gasteiger partial charge >= 0.3 is 0 Å². The highest BCUT2D eigenvalue weighted by Crippen LogP contribution is 2.24. The van der Waals surface area contributed by atoms with Gasteiger partial charge in [-0.3, -0.25) is 4.79 Å². The number of halogens is 1. The fourth-order valence-electron chi connectivity index (χ4n) is 2.26. The van der Waals surface area contributed by atoms with Gasteiger partial charge in [0.1, 0.15) is 0 Å². The molecule has 0 saturated carbocycles. The van der Waals surface area contributed by atoms with Crippen molar-refractivity contribution in [1.82, 2.24) is 0 Å². The van der Waals surface area contributed by atoms with E-state index >= 15 is 0 Å². The van der Waals surface area contributed by atoms with Crippen molar-refractivity contribution in [3.8, 4) is 0 Å². The lowest BCUT2D eigenvalue weighted by Crippen LogP contribution is -2.32. The molecule has 1 fully saturated rings. The Kier molecular flexibility index (Phi) is 4.86. The smallest absolute Gasteiger partial charge is 0.237 e. The third-order valence-electron chi connectivity index (χ3n) is 3.64. The number of hydrogen-bond acceptors (Lipinski definition) is 2. The van der Waals surface area contributed by atoms with Crippen molar-refractivity contribution in [2.24, 2.45) is 5.92 Å². The second-order valence-corrected chi connectivity index (χ2v) is 6.70. The molecule has 3 nitrogen and oxygen atoms in total. The lowest BCUT2D eigenvalue weighted by molar-refractivity contribution is -0.115. The van der Waals surface area contributed by atoms with Crippen LogP contribution in [0, 0.1) is 5.92 Å². The Labute approximate surface area is 123 Å². The summed E-state index contributed by atoms with van der Waals surface area (Å²) in [6.07, 6.45) is 2.53. The van der Waals surface area contributed by atoms with Crippen molar-refractivity contribution in [3.05, 3.63) is 24.3 Å². The summed E-state index contributed by atoms with van der Waals surface area (Å²) in [7, 11) is 0. The monoisotopic (exact) mass is 324 g/mol. The van der Waals surface area contributed by atoms with Crippen LogP contribution < -0.4 is 10.2 Å². The molecular weight excluding hydrogens is 304 g/mol. The number of rotatable bonds is 3. The molecule has 1 aliphatic heterocycles. The number of carbonyl (C=O) groups is 1. The SMILES string of the molecule is CC1CCN(c2ccc(NC(=O)C(C)Br)cc2)CC1. The number of alkyl halides is 1. The first-order valence-electron chi connectivity index (χ1n) is 6.86. The van der Waals surface area contributed by atoms with Gasteiger partial charge in [-0.15, -0.1) is 0 Å². The van der Waals surface area contributed by atoms with Gasteiger partial charge in [-0.05, 0) is 49.9 Å². The van der Waals surface area contributed by atoms with E-state index in [0.717, 1.165) is 24.7 Å². The fraction of sp³-hybridized carbons (Fsp3) is 0.533. The van der Waals surface area contributed by atoms with Crippen molar-refractivity contribution < 1.29 is 4.79 Å². The molecule has 0 radical (unpaired) electrons. The zero-order valence-corrected chi connectivity index (χ0v) is 13.1. The van der Waals surface area contributed by atoms with Crippen LogP contribution in [-0.2, 0) is 4.79 Å². The summed E-state index contributed by atoms with van der Waals surface area (Å²) in [5.74, 6) is 0.828. The lowest BCUT2D eigenvalue weighted by Gasteiger charge is -2.32. The topological polar surface area (TPSA) is 32.3 Å². The molecule has 1 unspecified atom stereocenters. The number of nitrogens with one attached hydrogen (secondary N) is 1. The minimum atomic E-state index is -0.171. The van der Waals surface area contributed by atoms with Crippen LogP contribution in [0.3, 0.4) is 0 Å². The first kappa shape index (κ1) is 14.4. The molecule has 0 bridgehead atoms. The minimum Gasteiger partial charge on any atom is -0.372 e. The summed E-state index contributed by atoms with van der Waals surface area (Å²) >= 11 is 3.26. The average Bonchev–Trinajstić information content (AvgIpc) is 2.40. The highest BCUT2D eigenvalue weighted by Gasteiger charge is 2.16. The fourth-order valence-corrected chi connectivity index (χ4v) is 2.38. The van der Waals surface area contributed by atoms with Crippen LogP contribution in [0.15, 0.2) is 24.3 Å². The van der Waals surface area contributed by atoms with Crippen molar-refractivity contribution >= 4 is 33.2 Å². The van der Waals surface area contributed by atoms with Crippen LogP contribution in [0.2, 0.25) is 0 Å². The Morgan fingerprint density at radius 3 is 2.42 bits per heavy atom. The van der Waals surface area contributed by atoms with Crippen LogP contribution in [0.1, 0.15) is 26.7 Å². The predicted octanol–water partition coefficient (Wildman–Crippen LogP) is 3.64. The Hall–Kier alpha value is -1.03. The standard InChI is InChI=1S/C15H21BrN2O/c1-11-7-9-18(10-8-11)14-5-3-13(4-6-14)17-15(19)12(2)16/h3-6,11-12H,7-10H2,1-2H3,(H,17,19). The van der Waals surface area contributed by atoms with E-state index in [0.29, 0.717) is 0 Å². The molecule has 0 aromatic heterocycles. The molecular formula is C15H21BrN2O. The van der Waals surface area contributed by atoms with Gasteiger partial charge < -0.3 is 10.2 Å². The van der Waals surface area contributed by atoms with E-state index in [1.165, 1.54) is 18.5 Å². The summed E-state index contributed by atoms with van der Waals surface area (Å²) in [5.41, 5.74) is 2.10.